The maximum absolute atomic E-state index is 13.8. The van der Waals surface area contributed by atoms with E-state index in [-0.39, 0.29) is 32.5 Å². The molecule has 4 N–H and O–H groups in total. The molecule has 3 heterocycles. The molecule has 1 aromatic heterocycles. The van der Waals surface area contributed by atoms with Crippen LogP contribution in [-0.2, 0) is 32.5 Å². The summed E-state index contributed by atoms with van der Waals surface area (Å²) in [7, 11) is -2.06. The summed E-state index contributed by atoms with van der Waals surface area (Å²) in [6.07, 6.45) is 3.53. The molecule has 2 aliphatic rings. The minimum absolute atomic E-state index is 0.0710. The van der Waals surface area contributed by atoms with Crippen LogP contribution in [0.15, 0.2) is 42.7 Å². The number of carbonyl (C=O) groups excluding carboxylic acids is 2. The van der Waals surface area contributed by atoms with E-state index in [2.05, 4.69) is 15.3 Å². The molecule has 12 heteroatoms. The first kappa shape index (κ1) is 24.3. The molecule has 184 valence electrons. The first-order valence-electron chi connectivity index (χ1n) is 11.3. The first-order valence-corrected chi connectivity index (χ1v) is 12.8. The highest BCUT2D eigenvalue weighted by molar-refractivity contribution is 7.89. The Morgan fingerprint density at radius 2 is 2.00 bits per heavy atom. The van der Waals surface area contributed by atoms with Gasteiger partial charge in [-0.3, -0.25) is 14.5 Å². The predicted molar refractivity (Wildman–Crippen MR) is 126 cm³/mol. The Bertz CT molecular complexity index is 1090. The Morgan fingerprint density at radius 1 is 1.24 bits per heavy atom. The number of benzene rings is 1. The number of likely N-dealkylation sites (N-methyl/N-ethyl adjacent to an activating group) is 1. The Morgan fingerprint density at radius 3 is 2.65 bits per heavy atom. The van der Waals surface area contributed by atoms with Crippen molar-refractivity contribution in [2.24, 2.45) is 5.73 Å². The van der Waals surface area contributed by atoms with E-state index in [4.69, 9.17) is 5.73 Å². The quantitative estimate of drug-likeness (QED) is 0.420. The standard InChI is InChI=1S/C22H31N7O4S/c1-27-10-9-24-15-20(27)34(32,33)29-12-11-28(17(21(23)30)14-19-25-7-8-26-19)22(31)18(29)13-16-5-3-2-4-6-16/h2-8,17-18,20,24H,9-15H2,1H3,(H2,23,30)(H,25,26)/t17?,18-,20?/m1/s1. The van der Waals surface area contributed by atoms with Crippen molar-refractivity contribution in [1.82, 2.24) is 29.4 Å². The number of piperazine rings is 2. The van der Waals surface area contributed by atoms with Gasteiger partial charge >= 0.3 is 0 Å². The second kappa shape index (κ2) is 10.2. The van der Waals surface area contributed by atoms with Gasteiger partial charge in [-0.25, -0.2) is 13.4 Å². The molecule has 2 amide bonds. The van der Waals surface area contributed by atoms with Gasteiger partial charge in [0.1, 0.15) is 23.3 Å². The minimum atomic E-state index is -3.84. The second-order valence-electron chi connectivity index (χ2n) is 8.69. The highest BCUT2D eigenvalue weighted by atomic mass is 32.2. The van der Waals surface area contributed by atoms with Crippen LogP contribution in [0, 0.1) is 0 Å². The van der Waals surface area contributed by atoms with Gasteiger partial charge in [0, 0.05) is 51.5 Å². The summed E-state index contributed by atoms with van der Waals surface area (Å²) in [6, 6.07) is 7.38. The number of primary amides is 1. The molecule has 1 aromatic carbocycles. The lowest BCUT2D eigenvalue weighted by Crippen LogP contribution is -2.66. The van der Waals surface area contributed by atoms with Crippen LogP contribution in [-0.4, -0.2) is 102 Å². The largest absolute Gasteiger partial charge is 0.368 e. The molecule has 11 nitrogen and oxygen atoms in total. The molecular weight excluding hydrogens is 458 g/mol. The minimum Gasteiger partial charge on any atom is -0.368 e. The van der Waals surface area contributed by atoms with Crippen LogP contribution < -0.4 is 11.1 Å². The zero-order valence-electron chi connectivity index (χ0n) is 19.1. The van der Waals surface area contributed by atoms with Crippen LogP contribution in [0.2, 0.25) is 0 Å². The van der Waals surface area contributed by atoms with Gasteiger partial charge in [0.25, 0.3) is 0 Å². The lowest BCUT2D eigenvalue weighted by atomic mass is 10.0. The molecule has 0 aliphatic carbocycles. The number of nitrogens with one attached hydrogen (secondary N) is 2. The van der Waals surface area contributed by atoms with E-state index in [0.29, 0.717) is 18.9 Å². The maximum Gasteiger partial charge on any atom is 0.242 e. The molecule has 2 saturated heterocycles. The second-order valence-corrected chi connectivity index (χ2v) is 10.7. The number of nitrogens with zero attached hydrogens (tertiary/aromatic N) is 4. The highest BCUT2D eigenvalue weighted by Gasteiger charge is 2.47. The average Bonchev–Trinajstić information content (AvgIpc) is 3.33. The van der Waals surface area contributed by atoms with E-state index in [1.54, 1.807) is 24.3 Å². The van der Waals surface area contributed by atoms with Crippen molar-refractivity contribution in [3.8, 4) is 0 Å². The lowest BCUT2D eigenvalue weighted by molar-refractivity contribution is -0.146. The van der Waals surface area contributed by atoms with Gasteiger partial charge in [-0.2, -0.15) is 4.31 Å². The van der Waals surface area contributed by atoms with E-state index >= 15 is 0 Å². The fourth-order valence-electron chi connectivity index (χ4n) is 4.65. The van der Waals surface area contributed by atoms with E-state index in [1.807, 2.05) is 30.3 Å². The van der Waals surface area contributed by atoms with E-state index in [9.17, 15) is 18.0 Å². The van der Waals surface area contributed by atoms with Gasteiger partial charge in [-0.05, 0) is 19.0 Å². The number of rotatable bonds is 8. The zero-order chi connectivity index (χ0) is 24.3. The first-order chi connectivity index (χ1) is 16.3. The van der Waals surface area contributed by atoms with Crippen molar-refractivity contribution in [3.63, 3.8) is 0 Å². The van der Waals surface area contributed by atoms with E-state index < -0.39 is 39.3 Å². The summed E-state index contributed by atoms with van der Waals surface area (Å²) >= 11 is 0. The molecule has 0 radical (unpaired) electrons. The number of aromatic amines is 1. The number of hydrogen-bond acceptors (Lipinski definition) is 7. The maximum atomic E-state index is 13.8. The summed E-state index contributed by atoms with van der Waals surface area (Å²) in [6.45, 7) is 1.73. The Kier molecular flexibility index (Phi) is 7.31. The summed E-state index contributed by atoms with van der Waals surface area (Å²) in [5.41, 5.74) is 6.51. The summed E-state index contributed by atoms with van der Waals surface area (Å²) in [4.78, 5) is 36.4. The van der Waals surface area contributed by atoms with Crippen LogP contribution in [0.4, 0.5) is 0 Å². The molecule has 3 atom stereocenters. The smallest absolute Gasteiger partial charge is 0.242 e. The number of sulfonamides is 1. The topological polar surface area (TPSA) is 145 Å². The summed E-state index contributed by atoms with van der Waals surface area (Å²) < 4.78 is 28.8. The number of amides is 2. The third-order valence-electron chi connectivity index (χ3n) is 6.52. The van der Waals surface area contributed by atoms with Crippen LogP contribution in [0.1, 0.15) is 11.4 Å². The average molecular weight is 490 g/mol. The Labute approximate surface area is 199 Å². The Hall–Kier alpha value is -2.80. The number of aromatic nitrogens is 2. The molecule has 4 rings (SSSR count). The molecule has 0 saturated carbocycles. The fourth-order valence-corrected chi connectivity index (χ4v) is 6.71. The number of nitrogens with two attached hydrogens (primary N) is 1. The van der Waals surface area contributed by atoms with Crippen molar-refractivity contribution in [3.05, 3.63) is 54.1 Å². The van der Waals surface area contributed by atoms with Crippen molar-refractivity contribution < 1.29 is 18.0 Å². The van der Waals surface area contributed by atoms with Crippen LogP contribution in [0.3, 0.4) is 0 Å². The van der Waals surface area contributed by atoms with Gasteiger partial charge in [-0.15, -0.1) is 0 Å². The van der Waals surface area contributed by atoms with Gasteiger partial charge in [0.2, 0.25) is 21.8 Å². The molecule has 0 bridgehead atoms. The third-order valence-corrected chi connectivity index (χ3v) is 8.82. The molecule has 2 fully saturated rings. The predicted octanol–water partition coefficient (Wildman–Crippen LogP) is -1.25. The lowest BCUT2D eigenvalue weighted by Gasteiger charge is -2.44. The van der Waals surface area contributed by atoms with E-state index in [1.165, 1.54) is 9.21 Å². The molecule has 2 aromatic rings. The number of hydrogen-bond donors (Lipinski definition) is 3. The van der Waals surface area contributed by atoms with Crippen molar-refractivity contribution in [2.45, 2.75) is 30.3 Å². The van der Waals surface area contributed by atoms with Crippen LogP contribution in [0.5, 0.6) is 0 Å². The molecule has 2 unspecified atom stereocenters. The fraction of sp³-hybridized carbons (Fsp3) is 0.500. The Balaban J connectivity index is 1.65. The molecule has 0 spiro atoms. The van der Waals surface area contributed by atoms with Crippen LogP contribution in [0.25, 0.3) is 0 Å². The SMILES string of the molecule is CN1CCNCC1S(=O)(=O)N1CCN(C(Cc2ncc[nH]2)C(N)=O)C(=O)[C@H]1Cc1ccccc1. The third kappa shape index (κ3) is 4.99. The number of carbonyl (C=O) groups is 2. The van der Waals surface area contributed by atoms with Gasteiger partial charge in [-0.1, -0.05) is 30.3 Å². The van der Waals surface area contributed by atoms with Gasteiger partial charge < -0.3 is 20.9 Å². The number of imidazole rings is 1. The van der Waals surface area contributed by atoms with Crippen LogP contribution >= 0.6 is 0 Å². The van der Waals surface area contributed by atoms with E-state index in [0.717, 1.165) is 5.56 Å². The number of H-pyrrole nitrogens is 1. The zero-order valence-corrected chi connectivity index (χ0v) is 19.9. The summed E-state index contributed by atoms with van der Waals surface area (Å²) in [5, 5.41) is 2.37. The van der Waals surface area contributed by atoms with Crippen molar-refractivity contribution in [2.75, 3.05) is 39.8 Å². The monoisotopic (exact) mass is 489 g/mol. The highest BCUT2D eigenvalue weighted by Crippen LogP contribution is 2.25. The summed E-state index contributed by atoms with van der Waals surface area (Å²) in [5.74, 6) is -0.558. The molecule has 2 aliphatic heterocycles. The van der Waals surface area contributed by atoms with Crippen molar-refractivity contribution >= 4 is 21.8 Å². The van der Waals surface area contributed by atoms with Crippen molar-refractivity contribution in [1.29, 1.82) is 0 Å². The van der Waals surface area contributed by atoms with Gasteiger partial charge in [0.15, 0.2) is 0 Å². The van der Waals surface area contributed by atoms with Gasteiger partial charge in [0.05, 0.1) is 0 Å². The molecule has 34 heavy (non-hydrogen) atoms. The molecular formula is C22H31N7O4S. The normalized spacial score (nSPS) is 23.7.